The molecule has 0 heterocycles. The van der Waals surface area contributed by atoms with Crippen LogP contribution in [0, 0.1) is 13.8 Å². The summed E-state index contributed by atoms with van der Waals surface area (Å²) in [6, 6.07) is 13.9. The number of anilines is 1. The first-order valence-corrected chi connectivity index (χ1v) is 11.5. The fourth-order valence-electron chi connectivity index (χ4n) is 3.31. The van der Waals surface area contributed by atoms with Crippen LogP contribution in [-0.4, -0.2) is 26.6 Å². The zero-order chi connectivity index (χ0) is 20.9. The van der Waals surface area contributed by atoms with E-state index in [0.29, 0.717) is 12.1 Å². The molecule has 28 heavy (non-hydrogen) atoms. The van der Waals surface area contributed by atoms with Gasteiger partial charge in [-0.25, -0.2) is 8.42 Å². The smallest absolute Gasteiger partial charge is 0.244 e. The van der Waals surface area contributed by atoms with E-state index in [1.54, 1.807) is 24.3 Å². The molecule has 0 radical (unpaired) electrons. The fraction of sp³-hybridized carbons (Fsp3) is 0.409. The highest BCUT2D eigenvalue weighted by atomic mass is 32.2. The lowest BCUT2D eigenvalue weighted by Crippen LogP contribution is -2.50. The van der Waals surface area contributed by atoms with Crippen molar-refractivity contribution < 1.29 is 13.2 Å². The van der Waals surface area contributed by atoms with Gasteiger partial charge >= 0.3 is 0 Å². The Labute approximate surface area is 168 Å². The zero-order valence-electron chi connectivity index (χ0n) is 17.3. The standard InChI is InChI=1S/C22H30N2O3S/c1-6-20(18-14-13-16(3)17(4)15-18)23-22(25)21(7-2)24(28(5,26)27)19-11-9-8-10-12-19/h8-15,20-21H,6-7H2,1-5H3,(H,23,25)/t20-,21+/m1/s1. The average Bonchev–Trinajstić information content (AvgIpc) is 2.65. The Balaban J connectivity index is 2.33. The van der Waals surface area contributed by atoms with Gasteiger partial charge in [0.1, 0.15) is 6.04 Å². The van der Waals surface area contributed by atoms with Crippen molar-refractivity contribution >= 4 is 21.6 Å². The summed E-state index contributed by atoms with van der Waals surface area (Å²) in [7, 11) is -3.62. The molecule has 0 fully saturated rings. The van der Waals surface area contributed by atoms with Crippen LogP contribution >= 0.6 is 0 Å². The molecule has 0 spiro atoms. The maximum absolute atomic E-state index is 13.1. The highest BCUT2D eigenvalue weighted by Crippen LogP contribution is 2.24. The number of nitrogens with zero attached hydrogens (tertiary/aromatic N) is 1. The summed E-state index contributed by atoms with van der Waals surface area (Å²) in [6.07, 6.45) is 2.22. The summed E-state index contributed by atoms with van der Waals surface area (Å²) in [5.74, 6) is -0.290. The van der Waals surface area contributed by atoms with E-state index in [-0.39, 0.29) is 11.9 Å². The predicted octanol–water partition coefficient (Wildman–Crippen LogP) is 4.12. The molecule has 0 aromatic heterocycles. The third-order valence-electron chi connectivity index (χ3n) is 5.00. The van der Waals surface area contributed by atoms with Crippen LogP contribution in [0.2, 0.25) is 0 Å². The molecule has 1 amide bonds. The van der Waals surface area contributed by atoms with Crippen molar-refractivity contribution in [2.75, 3.05) is 10.6 Å². The van der Waals surface area contributed by atoms with Gasteiger partial charge in [0.05, 0.1) is 18.0 Å². The molecule has 2 aromatic carbocycles. The highest BCUT2D eigenvalue weighted by Gasteiger charge is 2.32. The van der Waals surface area contributed by atoms with Crippen LogP contribution in [0.3, 0.4) is 0 Å². The summed E-state index contributed by atoms with van der Waals surface area (Å²) in [5, 5.41) is 3.06. The van der Waals surface area contributed by atoms with Gasteiger partial charge in [0.25, 0.3) is 0 Å². The molecular weight excluding hydrogens is 372 g/mol. The molecule has 2 atom stereocenters. The van der Waals surface area contributed by atoms with Crippen molar-refractivity contribution in [3.8, 4) is 0 Å². The summed E-state index contributed by atoms with van der Waals surface area (Å²) in [5.41, 5.74) is 3.88. The van der Waals surface area contributed by atoms with E-state index in [1.165, 1.54) is 15.4 Å². The summed E-state index contributed by atoms with van der Waals surface area (Å²) in [6.45, 7) is 7.92. The SMILES string of the molecule is CC[C@@H](NC(=O)[C@H](CC)N(c1ccccc1)S(C)(=O)=O)c1ccc(C)c(C)c1. The van der Waals surface area contributed by atoms with E-state index in [1.807, 2.05) is 39.0 Å². The highest BCUT2D eigenvalue weighted by molar-refractivity contribution is 7.92. The van der Waals surface area contributed by atoms with Gasteiger partial charge in [0.2, 0.25) is 15.9 Å². The first-order valence-electron chi connectivity index (χ1n) is 9.61. The first kappa shape index (κ1) is 22.0. The third-order valence-corrected chi connectivity index (χ3v) is 6.18. The second-order valence-corrected chi connectivity index (χ2v) is 8.99. The van der Waals surface area contributed by atoms with E-state index in [9.17, 15) is 13.2 Å². The van der Waals surface area contributed by atoms with Crippen LogP contribution in [0.4, 0.5) is 5.69 Å². The number of benzene rings is 2. The quantitative estimate of drug-likeness (QED) is 0.722. The molecule has 0 aliphatic carbocycles. The van der Waals surface area contributed by atoms with Crippen molar-refractivity contribution in [1.29, 1.82) is 0 Å². The van der Waals surface area contributed by atoms with Crippen LogP contribution in [-0.2, 0) is 14.8 Å². The molecule has 152 valence electrons. The minimum absolute atomic E-state index is 0.168. The van der Waals surface area contributed by atoms with Crippen molar-refractivity contribution in [2.24, 2.45) is 0 Å². The molecule has 0 aliphatic heterocycles. The van der Waals surface area contributed by atoms with E-state index in [4.69, 9.17) is 0 Å². The molecule has 1 N–H and O–H groups in total. The van der Waals surface area contributed by atoms with E-state index in [0.717, 1.165) is 18.2 Å². The first-order chi connectivity index (χ1) is 13.2. The van der Waals surface area contributed by atoms with Gasteiger partial charge < -0.3 is 5.32 Å². The number of nitrogens with one attached hydrogen (secondary N) is 1. The Morgan fingerprint density at radius 1 is 1.00 bits per heavy atom. The number of hydrogen-bond donors (Lipinski definition) is 1. The van der Waals surface area contributed by atoms with Gasteiger partial charge in [0.15, 0.2) is 0 Å². The number of carbonyl (C=O) groups is 1. The number of rotatable bonds is 8. The average molecular weight is 403 g/mol. The molecule has 2 aromatic rings. The molecule has 5 nitrogen and oxygen atoms in total. The molecule has 0 bridgehead atoms. The lowest BCUT2D eigenvalue weighted by Gasteiger charge is -2.31. The molecule has 0 unspecified atom stereocenters. The summed E-state index contributed by atoms with van der Waals surface area (Å²) in [4.78, 5) is 13.1. The van der Waals surface area contributed by atoms with Crippen LogP contribution < -0.4 is 9.62 Å². The second kappa shape index (κ2) is 9.24. The van der Waals surface area contributed by atoms with Gasteiger partial charge in [-0.2, -0.15) is 0 Å². The van der Waals surface area contributed by atoms with Gasteiger partial charge in [-0.05, 0) is 55.5 Å². The number of aryl methyl sites for hydroxylation is 2. The number of amides is 1. The Morgan fingerprint density at radius 2 is 1.64 bits per heavy atom. The van der Waals surface area contributed by atoms with Crippen LogP contribution in [0.5, 0.6) is 0 Å². The van der Waals surface area contributed by atoms with Crippen LogP contribution in [0.1, 0.15) is 49.4 Å². The van der Waals surface area contributed by atoms with Gasteiger partial charge in [-0.3, -0.25) is 9.10 Å². The minimum Gasteiger partial charge on any atom is -0.347 e. The molecule has 6 heteroatoms. The normalized spacial score (nSPS) is 13.6. The number of sulfonamides is 1. The Morgan fingerprint density at radius 3 is 2.14 bits per heavy atom. The third kappa shape index (κ3) is 5.13. The number of hydrogen-bond acceptors (Lipinski definition) is 3. The largest absolute Gasteiger partial charge is 0.347 e. The van der Waals surface area contributed by atoms with Crippen molar-refractivity contribution in [3.63, 3.8) is 0 Å². The van der Waals surface area contributed by atoms with Crippen LogP contribution in [0.15, 0.2) is 48.5 Å². The molecular formula is C22H30N2O3S. The van der Waals surface area contributed by atoms with Crippen molar-refractivity contribution in [2.45, 2.75) is 52.6 Å². The van der Waals surface area contributed by atoms with E-state index < -0.39 is 16.1 Å². The Hall–Kier alpha value is -2.34. The van der Waals surface area contributed by atoms with Gasteiger partial charge in [-0.1, -0.05) is 50.2 Å². The lowest BCUT2D eigenvalue weighted by molar-refractivity contribution is -0.123. The van der Waals surface area contributed by atoms with E-state index >= 15 is 0 Å². The van der Waals surface area contributed by atoms with Gasteiger partial charge in [0, 0.05) is 0 Å². The van der Waals surface area contributed by atoms with Crippen LogP contribution in [0.25, 0.3) is 0 Å². The summed E-state index contributed by atoms with van der Waals surface area (Å²) < 4.78 is 26.2. The predicted molar refractivity (Wildman–Crippen MR) is 115 cm³/mol. The maximum atomic E-state index is 13.1. The van der Waals surface area contributed by atoms with Crippen molar-refractivity contribution in [3.05, 3.63) is 65.2 Å². The summed E-state index contributed by atoms with van der Waals surface area (Å²) >= 11 is 0. The number of carbonyl (C=O) groups excluding carboxylic acids is 1. The Kier molecular flexibility index (Phi) is 7.24. The van der Waals surface area contributed by atoms with Gasteiger partial charge in [-0.15, -0.1) is 0 Å². The monoisotopic (exact) mass is 402 g/mol. The number of para-hydroxylation sites is 1. The lowest BCUT2D eigenvalue weighted by atomic mass is 9.99. The van der Waals surface area contributed by atoms with E-state index in [2.05, 4.69) is 18.3 Å². The second-order valence-electron chi connectivity index (χ2n) is 7.13. The fourth-order valence-corrected chi connectivity index (χ4v) is 4.52. The van der Waals surface area contributed by atoms with Crippen molar-refractivity contribution in [1.82, 2.24) is 5.32 Å². The Bertz CT molecular complexity index is 911. The topological polar surface area (TPSA) is 66.5 Å². The molecule has 0 saturated heterocycles. The molecule has 2 rings (SSSR count). The minimum atomic E-state index is -3.62. The molecule has 0 saturated carbocycles. The zero-order valence-corrected chi connectivity index (χ0v) is 18.1. The molecule has 0 aliphatic rings. The maximum Gasteiger partial charge on any atom is 0.244 e.